The Morgan fingerprint density at radius 2 is 2.09 bits per heavy atom. The Kier molecular flexibility index (Phi) is 7.48. The SMILES string of the molecule is CCN(CC1COc2ccccc2O1)C(=O)CCC(C)N.Cl. The molecule has 5 nitrogen and oxygen atoms in total. The van der Waals surface area contributed by atoms with Crippen LogP contribution in [0.15, 0.2) is 24.3 Å². The summed E-state index contributed by atoms with van der Waals surface area (Å²) in [4.78, 5) is 14.0. The number of nitrogens with two attached hydrogens (primary N) is 1. The van der Waals surface area contributed by atoms with Crippen molar-refractivity contribution >= 4 is 18.3 Å². The van der Waals surface area contributed by atoms with Crippen LogP contribution in [0.2, 0.25) is 0 Å². The monoisotopic (exact) mass is 328 g/mol. The summed E-state index contributed by atoms with van der Waals surface area (Å²) in [6.07, 6.45) is 1.06. The van der Waals surface area contributed by atoms with Gasteiger partial charge in [0.25, 0.3) is 0 Å². The second-order valence-corrected chi connectivity index (χ2v) is 5.45. The van der Waals surface area contributed by atoms with Gasteiger partial charge in [0.15, 0.2) is 17.6 Å². The zero-order valence-corrected chi connectivity index (χ0v) is 14.0. The Balaban J connectivity index is 0.00000242. The van der Waals surface area contributed by atoms with E-state index in [0.29, 0.717) is 32.5 Å². The number of benzene rings is 1. The fourth-order valence-corrected chi connectivity index (χ4v) is 2.32. The van der Waals surface area contributed by atoms with E-state index in [2.05, 4.69) is 0 Å². The Hall–Kier alpha value is -1.46. The molecule has 0 aliphatic carbocycles. The number of carbonyl (C=O) groups excluding carboxylic acids is 1. The molecular weight excluding hydrogens is 304 g/mol. The maximum absolute atomic E-state index is 12.2. The molecule has 6 heteroatoms. The van der Waals surface area contributed by atoms with E-state index in [0.717, 1.165) is 11.5 Å². The molecule has 2 atom stereocenters. The number of carbonyl (C=O) groups is 1. The summed E-state index contributed by atoms with van der Waals surface area (Å²) in [5.41, 5.74) is 5.70. The largest absolute Gasteiger partial charge is 0.486 e. The number of halogens is 1. The van der Waals surface area contributed by atoms with Gasteiger partial charge in [0.2, 0.25) is 5.91 Å². The summed E-state index contributed by atoms with van der Waals surface area (Å²) in [6, 6.07) is 7.65. The molecule has 2 rings (SSSR count). The van der Waals surface area contributed by atoms with Crippen LogP contribution >= 0.6 is 12.4 Å². The normalized spacial score (nSPS) is 17.3. The Bertz CT molecular complexity index is 482. The first-order valence-corrected chi connectivity index (χ1v) is 7.52. The number of para-hydroxylation sites is 2. The minimum absolute atomic E-state index is 0. The topological polar surface area (TPSA) is 64.8 Å². The van der Waals surface area contributed by atoms with Gasteiger partial charge in [-0.3, -0.25) is 4.79 Å². The van der Waals surface area contributed by atoms with E-state index in [1.807, 2.05) is 43.0 Å². The van der Waals surface area contributed by atoms with E-state index in [4.69, 9.17) is 15.2 Å². The van der Waals surface area contributed by atoms with E-state index in [-0.39, 0.29) is 30.5 Å². The number of fused-ring (bicyclic) bond motifs is 1. The lowest BCUT2D eigenvalue weighted by atomic mass is 10.1. The summed E-state index contributed by atoms with van der Waals surface area (Å²) < 4.78 is 11.6. The molecule has 1 aromatic carbocycles. The molecule has 1 aliphatic rings. The molecule has 0 saturated heterocycles. The lowest BCUT2D eigenvalue weighted by Crippen LogP contribution is -2.43. The van der Waals surface area contributed by atoms with Crippen LogP contribution < -0.4 is 15.2 Å². The minimum atomic E-state index is -0.126. The molecule has 1 aliphatic heterocycles. The van der Waals surface area contributed by atoms with Gasteiger partial charge in [-0.25, -0.2) is 0 Å². The van der Waals surface area contributed by atoms with Crippen LogP contribution in [0.1, 0.15) is 26.7 Å². The number of likely N-dealkylation sites (N-methyl/N-ethyl adjacent to an activating group) is 1. The lowest BCUT2D eigenvalue weighted by Gasteiger charge is -2.31. The van der Waals surface area contributed by atoms with E-state index >= 15 is 0 Å². The number of hydrogen-bond donors (Lipinski definition) is 1. The highest BCUT2D eigenvalue weighted by atomic mass is 35.5. The molecule has 1 amide bonds. The molecule has 2 N–H and O–H groups in total. The molecule has 22 heavy (non-hydrogen) atoms. The van der Waals surface area contributed by atoms with Crippen molar-refractivity contribution in [1.82, 2.24) is 4.90 Å². The van der Waals surface area contributed by atoms with Gasteiger partial charge in [-0.2, -0.15) is 0 Å². The van der Waals surface area contributed by atoms with Crippen LogP contribution in [0.25, 0.3) is 0 Å². The predicted molar refractivity (Wildman–Crippen MR) is 88.7 cm³/mol. The van der Waals surface area contributed by atoms with Gasteiger partial charge in [0, 0.05) is 19.0 Å². The summed E-state index contributed by atoms with van der Waals surface area (Å²) in [5, 5.41) is 0. The molecule has 124 valence electrons. The molecule has 0 radical (unpaired) electrons. The average molecular weight is 329 g/mol. The van der Waals surface area contributed by atoms with Crippen molar-refractivity contribution in [3.05, 3.63) is 24.3 Å². The second-order valence-electron chi connectivity index (χ2n) is 5.45. The summed E-state index contributed by atoms with van der Waals surface area (Å²) in [7, 11) is 0. The molecule has 0 aromatic heterocycles. The highest BCUT2D eigenvalue weighted by molar-refractivity contribution is 5.85. The molecule has 1 heterocycles. The van der Waals surface area contributed by atoms with E-state index < -0.39 is 0 Å². The van der Waals surface area contributed by atoms with Gasteiger partial charge >= 0.3 is 0 Å². The molecular formula is C16H25ClN2O3. The van der Waals surface area contributed by atoms with E-state index in [9.17, 15) is 4.79 Å². The van der Waals surface area contributed by atoms with Crippen LogP contribution in [0.4, 0.5) is 0 Å². The van der Waals surface area contributed by atoms with Gasteiger partial charge in [-0.05, 0) is 32.4 Å². The van der Waals surface area contributed by atoms with Crippen LogP contribution in [-0.4, -0.2) is 42.6 Å². The lowest BCUT2D eigenvalue weighted by molar-refractivity contribution is -0.132. The second kappa shape index (κ2) is 8.86. The quantitative estimate of drug-likeness (QED) is 0.869. The third-order valence-electron chi connectivity index (χ3n) is 3.54. The number of hydrogen-bond acceptors (Lipinski definition) is 4. The fourth-order valence-electron chi connectivity index (χ4n) is 2.32. The number of amides is 1. The smallest absolute Gasteiger partial charge is 0.222 e. The van der Waals surface area contributed by atoms with Gasteiger partial charge in [0.1, 0.15) is 6.61 Å². The number of nitrogens with zero attached hydrogens (tertiary/aromatic N) is 1. The van der Waals surface area contributed by atoms with Crippen molar-refractivity contribution in [2.75, 3.05) is 19.7 Å². The zero-order chi connectivity index (χ0) is 15.2. The fraction of sp³-hybridized carbons (Fsp3) is 0.562. The van der Waals surface area contributed by atoms with Gasteiger partial charge in [-0.15, -0.1) is 12.4 Å². The Morgan fingerprint density at radius 3 is 2.73 bits per heavy atom. The first kappa shape index (κ1) is 18.6. The predicted octanol–water partition coefficient (Wildman–Crippen LogP) is 2.22. The molecule has 0 bridgehead atoms. The maximum Gasteiger partial charge on any atom is 0.222 e. The van der Waals surface area contributed by atoms with E-state index in [1.54, 1.807) is 0 Å². The molecule has 1 aromatic rings. The van der Waals surface area contributed by atoms with Gasteiger partial charge < -0.3 is 20.1 Å². The standard InChI is InChI=1S/C16H24N2O3.ClH/c1-3-18(16(19)9-8-12(2)17)10-13-11-20-14-6-4-5-7-15(14)21-13;/h4-7,12-13H,3,8-11,17H2,1-2H3;1H. The van der Waals surface area contributed by atoms with Gasteiger partial charge in [-0.1, -0.05) is 12.1 Å². The highest BCUT2D eigenvalue weighted by Gasteiger charge is 2.24. The van der Waals surface area contributed by atoms with Crippen LogP contribution in [0.3, 0.4) is 0 Å². The van der Waals surface area contributed by atoms with Crippen molar-refractivity contribution in [2.24, 2.45) is 5.73 Å². The molecule has 2 unspecified atom stereocenters. The minimum Gasteiger partial charge on any atom is -0.486 e. The maximum atomic E-state index is 12.2. The van der Waals surface area contributed by atoms with Crippen molar-refractivity contribution < 1.29 is 14.3 Å². The van der Waals surface area contributed by atoms with Crippen LogP contribution in [-0.2, 0) is 4.79 Å². The van der Waals surface area contributed by atoms with Crippen LogP contribution in [0, 0.1) is 0 Å². The van der Waals surface area contributed by atoms with Crippen molar-refractivity contribution in [1.29, 1.82) is 0 Å². The highest BCUT2D eigenvalue weighted by Crippen LogP contribution is 2.31. The molecule has 0 fully saturated rings. The first-order chi connectivity index (χ1) is 10.1. The summed E-state index contributed by atoms with van der Waals surface area (Å²) in [6.45, 7) is 5.57. The third kappa shape index (κ3) is 5.07. The van der Waals surface area contributed by atoms with E-state index in [1.165, 1.54) is 0 Å². The zero-order valence-electron chi connectivity index (χ0n) is 13.2. The number of rotatable bonds is 6. The Labute approximate surface area is 138 Å². The average Bonchev–Trinajstić information content (AvgIpc) is 2.50. The van der Waals surface area contributed by atoms with Crippen molar-refractivity contribution in [2.45, 2.75) is 38.8 Å². The van der Waals surface area contributed by atoms with Gasteiger partial charge in [0.05, 0.1) is 6.54 Å². The number of ether oxygens (including phenoxy) is 2. The summed E-state index contributed by atoms with van der Waals surface area (Å²) in [5.74, 6) is 1.63. The third-order valence-corrected chi connectivity index (χ3v) is 3.54. The first-order valence-electron chi connectivity index (χ1n) is 7.52. The summed E-state index contributed by atoms with van der Waals surface area (Å²) >= 11 is 0. The molecule has 0 saturated carbocycles. The van der Waals surface area contributed by atoms with Crippen molar-refractivity contribution in [3.8, 4) is 11.5 Å². The van der Waals surface area contributed by atoms with Crippen molar-refractivity contribution in [3.63, 3.8) is 0 Å². The molecule has 0 spiro atoms. The van der Waals surface area contributed by atoms with Crippen LogP contribution in [0.5, 0.6) is 11.5 Å². The Morgan fingerprint density at radius 1 is 1.41 bits per heavy atom.